The van der Waals surface area contributed by atoms with Crippen LogP contribution in [0.4, 0.5) is 34.1 Å². The maximum atomic E-state index is 6.86. The van der Waals surface area contributed by atoms with Crippen molar-refractivity contribution >= 4 is 107 Å². The van der Waals surface area contributed by atoms with Crippen molar-refractivity contribution in [1.29, 1.82) is 0 Å². The molecule has 0 saturated heterocycles. The van der Waals surface area contributed by atoms with Crippen LogP contribution in [0.15, 0.2) is 470 Å². The van der Waals surface area contributed by atoms with E-state index in [1.54, 1.807) is 22.3 Å². The first kappa shape index (κ1) is 81.9. The molecule has 19 aromatic carbocycles. The molecule has 4 nitrogen and oxygen atoms in total. The molecule has 10 aliphatic rings. The van der Waals surface area contributed by atoms with E-state index in [2.05, 4.69) is 471 Å². The van der Waals surface area contributed by atoms with Gasteiger partial charge in [-0.15, -0.1) is 0 Å². The molecular formula is C134H104N2O2Si. The van der Waals surface area contributed by atoms with Gasteiger partial charge in [-0.25, -0.2) is 0 Å². The minimum atomic E-state index is -2.72. The maximum Gasteiger partial charge on any atom is 0.179 e. The van der Waals surface area contributed by atoms with E-state index < -0.39 is 8.07 Å². The van der Waals surface area contributed by atoms with Crippen LogP contribution in [0, 0.1) is 47.3 Å². The highest BCUT2D eigenvalue weighted by atomic mass is 28.3. The smallest absolute Gasteiger partial charge is 0.179 e. The summed E-state index contributed by atoms with van der Waals surface area (Å²) in [5, 5.41) is 9.93. The van der Waals surface area contributed by atoms with E-state index in [9.17, 15) is 0 Å². The molecule has 0 atom stereocenters. The number of furan rings is 2. The molecule has 2 aromatic heterocycles. The lowest BCUT2D eigenvalue weighted by atomic mass is 9.42. The van der Waals surface area contributed by atoms with E-state index in [-0.39, 0.29) is 10.8 Å². The van der Waals surface area contributed by atoms with Gasteiger partial charge in [0.1, 0.15) is 22.3 Å². The highest BCUT2D eigenvalue weighted by Gasteiger charge is 2.64. The summed E-state index contributed by atoms with van der Waals surface area (Å²) in [4.78, 5) is 4.81. The highest BCUT2D eigenvalue weighted by Crippen LogP contribution is 2.72. The lowest BCUT2D eigenvalue weighted by molar-refractivity contribution is -0.0399. The summed E-state index contributed by atoms with van der Waals surface area (Å²) in [7, 11) is -2.72. The van der Waals surface area contributed by atoms with E-state index in [0.29, 0.717) is 11.8 Å². The fourth-order valence-electron chi connectivity index (χ4n) is 29.0. The summed E-state index contributed by atoms with van der Waals surface area (Å²) in [6.07, 6.45) is 14.0. The molecule has 8 bridgehead atoms. The van der Waals surface area contributed by atoms with Gasteiger partial charge in [-0.2, -0.15) is 0 Å². The van der Waals surface area contributed by atoms with Crippen molar-refractivity contribution in [2.24, 2.45) is 47.3 Å². The largest absolute Gasteiger partial charge is 0.456 e. The normalized spacial score (nSPS) is 20.7. The predicted molar refractivity (Wildman–Crippen MR) is 580 cm³/mol. The minimum Gasteiger partial charge on any atom is -0.456 e. The molecule has 0 unspecified atom stereocenters. The summed E-state index contributed by atoms with van der Waals surface area (Å²) >= 11 is 0. The standard InChI is InChI=1S/C70H55NOSi.C64H49NO/c1-5-15-49(16-6-1)50-25-29-55(30-26-50)71(56-31-34-61(35-32-56)73(58-17-7-2-8-18-58,59-19-9-3-10-20-59)60-21-11-4-12-22-60)57-33-38-69-65(46-57)64-45-52(28-37-68(64)72-69)51-27-36-67-63(44-51)62-23-13-14-24-66(62)70(67)53-40-47-39-48(42-53)43-54(70)41-47;1-4-13-43(14-5-1)44-23-26-50(27-24-44)65(51-28-31-53(45-15-6-2-7-16-45)58(39-51)46-17-8-3-9-18-46)52-29-32-61-59(40-52)56-30-25-47(38-62(56)66-61)54-20-12-21-57-55-19-10-11-22-60(55)64(63(54)57)48-34-41-33-42(36-48)37-49(64)35-41/h1-38,44-48,53-54H,39-43H2;1-32,38-42,48-49H,33-37H2. The Morgan fingerprint density at radius 2 is 0.525 bits per heavy atom. The van der Waals surface area contributed by atoms with Gasteiger partial charge in [0.25, 0.3) is 0 Å². The Labute approximate surface area is 814 Å². The Morgan fingerprint density at radius 3 is 1.05 bits per heavy atom. The third-order valence-electron chi connectivity index (χ3n) is 34.3. The fourth-order valence-corrected chi connectivity index (χ4v) is 33.8. The SMILES string of the molecule is c1ccc(-c2ccc(N(c3ccc(-c4ccccc4)c(-c4ccccc4)c3)c3ccc4oc5cc(-c6cccc7c6C6(c8ccccc8-7)C7CC8CC(C7)CC6C8)ccc5c4c3)cc2)cc1.c1ccc(-c2ccc(N(c3ccc([Si](c4ccccc4)(c4ccccc4)c4ccccc4)cc3)c3ccc4oc5ccc(-c6ccc7c(c6)-c6ccccc6C76C7CC8CC(C7)CC6C8)cc5c4c3)cc2)cc1. The van der Waals surface area contributed by atoms with E-state index in [1.807, 2.05) is 0 Å². The van der Waals surface area contributed by atoms with Gasteiger partial charge in [-0.1, -0.05) is 346 Å². The van der Waals surface area contributed by atoms with Crippen LogP contribution in [-0.4, -0.2) is 8.07 Å². The summed E-state index contributed by atoms with van der Waals surface area (Å²) < 4.78 is 13.5. The first-order valence-electron chi connectivity index (χ1n) is 50.6. The quantitative estimate of drug-likeness (QED) is 0.0713. The first-order chi connectivity index (χ1) is 68.8. The zero-order chi connectivity index (χ0) is 91.4. The van der Waals surface area contributed by atoms with Crippen LogP contribution in [0.1, 0.15) is 86.5 Å². The second-order valence-corrected chi connectivity index (χ2v) is 45.1. The van der Waals surface area contributed by atoms with E-state index >= 15 is 0 Å². The van der Waals surface area contributed by atoms with E-state index in [1.165, 1.54) is 174 Å². The average Bonchev–Trinajstić information content (AvgIpc) is 1.50. The summed E-state index contributed by atoms with van der Waals surface area (Å²) in [6.45, 7) is 0. The number of hydrogen-bond acceptors (Lipinski definition) is 4. The van der Waals surface area contributed by atoms with Gasteiger partial charge in [-0.05, 0) is 359 Å². The van der Waals surface area contributed by atoms with Crippen LogP contribution in [-0.2, 0) is 10.8 Å². The summed E-state index contributed by atoms with van der Waals surface area (Å²) in [5.74, 6) is 6.60. The molecule has 0 N–H and O–H groups in total. The van der Waals surface area contributed by atoms with Crippen LogP contribution in [0.2, 0.25) is 0 Å². The van der Waals surface area contributed by atoms with Crippen LogP contribution in [0.25, 0.3) is 133 Å². The Bertz CT molecular complexity index is 8150. The molecule has 10 aliphatic carbocycles. The van der Waals surface area contributed by atoms with Crippen LogP contribution < -0.4 is 30.5 Å². The number of hydrogen-bond donors (Lipinski definition) is 0. The van der Waals surface area contributed by atoms with E-state index in [0.717, 1.165) is 114 Å². The number of anilines is 6. The highest BCUT2D eigenvalue weighted by molar-refractivity contribution is 7.19. The van der Waals surface area contributed by atoms with Crippen molar-refractivity contribution in [3.8, 4) is 89.0 Å². The third kappa shape index (κ3) is 13.1. The van der Waals surface area contributed by atoms with Crippen molar-refractivity contribution in [2.45, 2.75) is 75.0 Å². The molecule has 31 rings (SSSR count). The number of benzene rings is 19. The second kappa shape index (κ2) is 32.9. The topological polar surface area (TPSA) is 32.8 Å². The number of fused-ring (bicyclic) bond motifs is 12. The summed E-state index contributed by atoms with van der Waals surface area (Å²) in [5.41, 5.74) is 37.4. The van der Waals surface area contributed by atoms with Gasteiger partial charge in [-0.3, -0.25) is 0 Å². The molecule has 5 heteroatoms. The predicted octanol–water partition coefficient (Wildman–Crippen LogP) is 32.9. The van der Waals surface area contributed by atoms with E-state index in [4.69, 9.17) is 8.83 Å². The number of rotatable bonds is 16. The van der Waals surface area contributed by atoms with Crippen molar-refractivity contribution in [1.82, 2.24) is 0 Å². The van der Waals surface area contributed by atoms with Gasteiger partial charge in [0.15, 0.2) is 8.07 Å². The Morgan fingerprint density at radius 1 is 0.187 bits per heavy atom. The molecule has 666 valence electrons. The minimum absolute atomic E-state index is 0.0934. The van der Waals surface area contributed by atoms with Crippen molar-refractivity contribution in [3.05, 3.63) is 483 Å². The molecule has 2 heterocycles. The zero-order valence-corrected chi connectivity index (χ0v) is 78.8. The first-order valence-corrected chi connectivity index (χ1v) is 52.6. The lowest BCUT2D eigenvalue weighted by Gasteiger charge is -2.61. The molecule has 139 heavy (non-hydrogen) atoms. The van der Waals surface area contributed by atoms with Crippen LogP contribution >= 0.6 is 0 Å². The second-order valence-electron chi connectivity index (χ2n) is 41.3. The van der Waals surface area contributed by atoms with Gasteiger partial charge < -0.3 is 18.6 Å². The monoisotopic (exact) mass is 1800 g/mol. The Hall–Kier alpha value is -15.4. The molecule has 2 spiro atoms. The lowest BCUT2D eigenvalue weighted by Crippen LogP contribution is -2.74. The van der Waals surface area contributed by atoms with Gasteiger partial charge >= 0.3 is 0 Å². The Kier molecular flexibility index (Phi) is 19.4. The molecule has 8 saturated carbocycles. The van der Waals surface area contributed by atoms with Crippen LogP contribution in [0.5, 0.6) is 0 Å². The summed E-state index contributed by atoms with van der Waals surface area (Å²) in [6, 6.07) is 172. The average molecular weight is 1800 g/mol. The molecule has 0 aliphatic heterocycles. The van der Waals surface area contributed by atoms with Crippen molar-refractivity contribution in [3.63, 3.8) is 0 Å². The number of nitrogens with zero attached hydrogens (tertiary/aromatic N) is 2. The molecular weight excluding hydrogens is 1700 g/mol. The van der Waals surface area contributed by atoms with Gasteiger partial charge in [0, 0.05) is 66.5 Å². The maximum absolute atomic E-state index is 6.86. The Balaban J connectivity index is 0.000000137. The van der Waals surface area contributed by atoms with Crippen molar-refractivity contribution < 1.29 is 8.83 Å². The van der Waals surface area contributed by atoms with Crippen molar-refractivity contribution in [2.75, 3.05) is 9.80 Å². The molecule has 8 fully saturated rings. The zero-order valence-electron chi connectivity index (χ0n) is 77.8. The molecule has 21 aromatic rings. The third-order valence-corrected chi connectivity index (χ3v) is 39.1. The molecule has 0 amide bonds. The fraction of sp³-hybridized carbons (Fsp3) is 0.149. The van der Waals surface area contributed by atoms with Gasteiger partial charge in [0.2, 0.25) is 0 Å². The van der Waals surface area contributed by atoms with Gasteiger partial charge in [0.05, 0.1) is 0 Å². The molecule has 0 radical (unpaired) electrons. The van der Waals surface area contributed by atoms with Crippen LogP contribution in [0.3, 0.4) is 0 Å².